The lowest BCUT2D eigenvalue weighted by atomic mass is 10.3. The molecule has 110 valence electrons. The lowest BCUT2D eigenvalue weighted by Gasteiger charge is -2.23. The van der Waals surface area contributed by atoms with Crippen LogP contribution in [0.2, 0.25) is 0 Å². The van der Waals surface area contributed by atoms with E-state index in [1.807, 2.05) is 4.90 Å². The third-order valence-corrected chi connectivity index (χ3v) is 4.18. The van der Waals surface area contributed by atoms with Crippen molar-refractivity contribution in [2.75, 3.05) is 18.6 Å². The Bertz CT molecular complexity index is 488. The van der Waals surface area contributed by atoms with Gasteiger partial charge in [0.1, 0.15) is 0 Å². The summed E-state index contributed by atoms with van der Waals surface area (Å²) >= 11 is 1.53. The molecule has 0 aliphatic carbocycles. The number of hydrogen-bond acceptors (Lipinski definition) is 7. The number of anilines is 1. The van der Waals surface area contributed by atoms with Gasteiger partial charge in [0.25, 0.3) is 0 Å². The van der Waals surface area contributed by atoms with Gasteiger partial charge in [0.05, 0.1) is 13.5 Å². The zero-order valence-electron chi connectivity index (χ0n) is 11.6. The third kappa shape index (κ3) is 3.69. The van der Waals surface area contributed by atoms with Gasteiger partial charge >= 0.3 is 11.9 Å². The smallest absolute Gasteiger partial charge is 0.305 e. The molecule has 0 bridgehead atoms. The van der Waals surface area contributed by atoms with Crippen LogP contribution in [0.15, 0.2) is 6.20 Å². The van der Waals surface area contributed by atoms with Crippen LogP contribution >= 0.6 is 11.3 Å². The van der Waals surface area contributed by atoms with E-state index in [-0.39, 0.29) is 18.2 Å². The largest absolute Gasteiger partial charge is 0.469 e. The van der Waals surface area contributed by atoms with Crippen molar-refractivity contribution in [3.05, 3.63) is 11.1 Å². The maximum atomic E-state index is 11.1. The Morgan fingerprint density at radius 3 is 3.05 bits per heavy atom. The molecule has 1 aliphatic rings. The lowest BCUT2D eigenvalue weighted by molar-refractivity contribution is -0.145. The van der Waals surface area contributed by atoms with Gasteiger partial charge in [-0.3, -0.25) is 9.59 Å². The van der Waals surface area contributed by atoms with Gasteiger partial charge in [-0.05, 0) is 12.8 Å². The summed E-state index contributed by atoms with van der Waals surface area (Å²) in [5, 5.41) is 0.841. The average Bonchev–Trinajstić information content (AvgIpc) is 3.03. The Balaban J connectivity index is 1.97. The summed E-state index contributed by atoms with van der Waals surface area (Å²) in [5.41, 5.74) is 0. The molecule has 0 aromatic carbocycles. The van der Waals surface area contributed by atoms with Crippen LogP contribution < -0.4 is 4.90 Å². The summed E-state index contributed by atoms with van der Waals surface area (Å²) in [6.45, 7) is 2.25. The van der Waals surface area contributed by atoms with E-state index in [0.717, 1.165) is 29.4 Å². The summed E-state index contributed by atoms with van der Waals surface area (Å²) in [4.78, 5) is 29.6. The van der Waals surface area contributed by atoms with Crippen molar-refractivity contribution in [3.8, 4) is 0 Å². The summed E-state index contributed by atoms with van der Waals surface area (Å²) in [7, 11) is 1.38. The fourth-order valence-corrected chi connectivity index (χ4v) is 3.12. The molecular formula is C13H18N2O4S. The predicted octanol–water partition coefficient (Wildman–Crippen LogP) is 1.74. The number of methoxy groups -OCH3 is 1. The lowest BCUT2D eigenvalue weighted by Crippen LogP contribution is -2.32. The standard InChI is InChI=1S/C13H18N2O4S/c1-9(16)19-11-4-3-7-15(11)13-14-8-10(20-13)5-6-12(17)18-2/h8,11H,3-7H2,1-2H3/t11-/m0/s1. The molecule has 1 saturated heterocycles. The van der Waals surface area contributed by atoms with Crippen molar-refractivity contribution in [1.82, 2.24) is 4.98 Å². The maximum absolute atomic E-state index is 11.1. The number of carbonyl (C=O) groups excluding carboxylic acids is 2. The monoisotopic (exact) mass is 298 g/mol. The van der Waals surface area contributed by atoms with E-state index in [1.54, 1.807) is 6.20 Å². The number of thiazole rings is 1. The van der Waals surface area contributed by atoms with Crippen LogP contribution in [0, 0.1) is 0 Å². The number of rotatable bonds is 5. The summed E-state index contributed by atoms with van der Waals surface area (Å²) in [6, 6.07) is 0. The normalized spacial score (nSPS) is 18.1. The van der Waals surface area contributed by atoms with Crippen LogP contribution in [-0.2, 0) is 25.5 Å². The van der Waals surface area contributed by atoms with Gasteiger partial charge in [0, 0.05) is 31.0 Å². The third-order valence-electron chi connectivity index (χ3n) is 3.09. The molecule has 0 spiro atoms. The van der Waals surface area contributed by atoms with Gasteiger partial charge in [-0.25, -0.2) is 4.98 Å². The molecule has 7 heteroatoms. The molecule has 6 nitrogen and oxygen atoms in total. The van der Waals surface area contributed by atoms with E-state index in [1.165, 1.54) is 25.4 Å². The molecule has 0 saturated carbocycles. The van der Waals surface area contributed by atoms with Crippen molar-refractivity contribution in [2.24, 2.45) is 0 Å². The quantitative estimate of drug-likeness (QED) is 0.771. The molecule has 2 rings (SSSR count). The fraction of sp³-hybridized carbons (Fsp3) is 0.615. The Hall–Kier alpha value is -1.63. The summed E-state index contributed by atoms with van der Waals surface area (Å²) in [5.74, 6) is -0.497. The van der Waals surface area contributed by atoms with Gasteiger partial charge in [0.2, 0.25) is 0 Å². The van der Waals surface area contributed by atoms with Crippen LogP contribution in [0.3, 0.4) is 0 Å². The highest BCUT2D eigenvalue weighted by molar-refractivity contribution is 7.15. The molecule has 1 fully saturated rings. The Labute approximate surface area is 121 Å². The molecule has 1 aromatic heterocycles. The van der Waals surface area contributed by atoms with Gasteiger partial charge < -0.3 is 14.4 Å². The van der Waals surface area contributed by atoms with E-state index >= 15 is 0 Å². The van der Waals surface area contributed by atoms with Gasteiger partial charge in [-0.15, -0.1) is 11.3 Å². The second-order valence-electron chi connectivity index (χ2n) is 4.58. The molecule has 20 heavy (non-hydrogen) atoms. The Morgan fingerprint density at radius 2 is 2.35 bits per heavy atom. The van der Waals surface area contributed by atoms with E-state index in [2.05, 4.69) is 9.72 Å². The topological polar surface area (TPSA) is 68.7 Å². The maximum Gasteiger partial charge on any atom is 0.305 e. The van der Waals surface area contributed by atoms with Crippen LogP contribution in [-0.4, -0.2) is 36.8 Å². The SMILES string of the molecule is COC(=O)CCc1cnc(N2CCC[C@@H]2OC(C)=O)s1. The molecule has 1 aromatic rings. The van der Waals surface area contributed by atoms with Crippen LogP contribution in [0.5, 0.6) is 0 Å². The van der Waals surface area contributed by atoms with E-state index in [9.17, 15) is 9.59 Å². The molecule has 0 N–H and O–H groups in total. The number of hydrogen-bond donors (Lipinski definition) is 0. The number of carbonyl (C=O) groups is 2. The Kier molecular flexibility index (Phi) is 4.94. The number of esters is 2. The van der Waals surface area contributed by atoms with Gasteiger partial charge in [0.15, 0.2) is 11.4 Å². The average molecular weight is 298 g/mol. The number of aryl methyl sites for hydroxylation is 1. The van der Waals surface area contributed by atoms with E-state index < -0.39 is 0 Å². The zero-order valence-corrected chi connectivity index (χ0v) is 12.4. The summed E-state index contributed by atoms with van der Waals surface area (Å²) < 4.78 is 9.90. The first-order valence-corrected chi connectivity index (χ1v) is 7.37. The van der Waals surface area contributed by atoms with Crippen molar-refractivity contribution in [3.63, 3.8) is 0 Å². The molecule has 0 unspecified atom stereocenters. The first-order chi connectivity index (χ1) is 9.60. The van der Waals surface area contributed by atoms with E-state index in [0.29, 0.717) is 12.8 Å². The highest BCUT2D eigenvalue weighted by Crippen LogP contribution is 2.30. The second-order valence-corrected chi connectivity index (χ2v) is 5.68. The second kappa shape index (κ2) is 6.69. The number of aromatic nitrogens is 1. The predicted molar refractivity (Wildman–Crippen MR) is 74.6 cm³/mol. The molecule has 1 atom stereocenters. The first kappa shape index (κ1) is 14.8. The molecule has 2 heterocycles. The van der Waals surface area contributed by atoms with Crippen molar-refractivity contribution in [1.29, 1.82) is 0 Å². The van der Waals surface area contributed by atoms with Crippen LogP contribution in [0.25, 0.3) is 0 Å². The minimum atomic E-state index is -0.274. The van der Waals surface area contributed by atoms with E-state index in [4.69, 9.17) is 4.74 Å². The van der Waals surface area contributed by atoms with Crippen LogP contribution in [0.1, 0.15) is 31.1 Å². The molecule has 0 radical (unpaired) electrons. The first-order valence-electron chi connectivity index (χ1n) is 6.55. The molecular weight excluding hydrogens is 280 g/mol. The molecule has 0 amide bonds. The summed E-state index contributed by atoms with van der Waals surface area (Å²) in [6.07, 6.45) is 4.34. The highest BCUT2D eigenvalue weighted by atomic mass is 32.1. The fourth-order valence-electron chi connectivity index (χ4n) is 2.14. The number of nitrogens with zero attached hydrogens (tertiary/aromatic N) is 2. The van der Waals surface area contributed by atoms with Crippen LogP contribution in [0.4, 0.5) is 5.13 Å². The number of ether oxygens (including phenoxy) is 2. The molecule has 1 aliphatic heterocycles. The van der Waals surface area contributed by atoms with Crippen molar-refractivity contribution >= 4 is 28.4 Å². The minimum absolute atomic E-state index is 0.216. The van der Waals surface area contributed by atoms with Gasteiger partial charge in [-0.1, -0.05) is 0 Å². The van der Waals surface area contributed by atoms with Crippen molar-refractivity contribution < 1.29 is 19.1 Å². The Morgan fingerprint density at radius 1 is 1.55 bits per heavy atom. The van der Waals surface area contributed by atoms with Crippen molar-refractivity contribution in [2.45, 2.75) is 38.8 Å². The zero-order chi connectivity index (χ0) is 14.5. The van der Waals surface area contributed by atoms with Gasteiger partial charge in [-0.2, -0.15) is 0 Å². The highest BCUT2D eigenvalue weighted by Gasteiger charge is 2.29. The minimum Gasteiger partial charge on any atom is -0.469 e.